The minimum Gasteiger partial charge on any atom is -0.497 e. The van der Waals surface area contributed by atoms with Crippen molar-refractivity contribution in [2.45, 2.75) is 51.6 Å². The summed E-state index contributed by atoms with van der Waals surface area (Å²) in [5.41, 5.74) is 0.951. The number of hydrogen-bond acceptors (Lipinski definition) is 7. The molecule has 1 fully saturated rings. The Morgan fingerprint density at radius 1 is 1.10 bits per heavy atom. The molecule has 4 N–H and O–H groups in total. The lowest BCUT2D eigenvalue weighted by Gasteiger charge is -2.58. The maximum absolute atomic E-state index is 13.3. The summed E-state index contributed by atoms with van der Waals surface area (Å²) in [5, 5.41) is 27.8. The quantitative estimate of drug-likeness (QED) is 0.334. The fourth-order valence-electron chi connectivity index (χ4n) is 6.53. The first-order valence-electron chi connectivity index (χ1n) is 13.3. The van der Waals surface area contributed by atoms with Gasteiger partial charge in [0.1, 0.15) is 5.75 Å². The Morgan fingerprint density at radius 2 is 1.82 bits per heavy atom. The normalized spacial score (nSPS) is 27.7. The number of methoxy groups -OCH3 is 1. The molecule has 2 amide bonds. The highest BCUT2D eigenvalue weighted by molar-refractivity contribution is 7.15. The summed E-state index contributed by atoms with van der Waals surface area (Å²) in [7, 11) is 1.57. The fraction of sp³-hybridized carbons (Fsp3) is 0.433. The Labute approximate surface area is 232 Å². The largest absolute Gasteiger partial charge is 0.497 e. The van der Waals surface area contributed by atoms with Crippen molar-refractivity contribution in [3.63, 3.8) is 0 Å². The summed E-state index contributed by atoms with van der Waals surface area (Å²) in [6.07, 6.45) is 1.45. The molecule has 2 aliphatic rings. The lowest BCUT2D eigenvalue weighted by molar-refractivity contribution is -0.143. The first kappa shape index (κ1) is 27.3. The van der Waals surface area contributed by atoms with Crippen LogP contribution in [0.2, 0.25) is 0 Å². The molecule has 2 aromatic carbocycles. The van der Waals surface area contributed by atoms with Gasteiger partial charge < -0.3 is 20.3 Å². The highest BCUT2D eigenvalue weighted by atomic mass is 32.1. The van der Waals surface area contributed by atoms with Gasteiger partial charge in [-0.15, -0.1) is 11.3 Å². The number of aliphatic hydroxyl groups excluding tert-OH is 2. The van der Waals surface area contributed by atoms with E-state index in [2.05, 4.69) is 17.6 Å². The first-order valence-corrected chi connectivity index (χ1v) is 14.1. The molecule has 39 heavy (non-hydrogen) atoms. The topological polar surface area (TPSA) is 121 Å². The molecule has 8 nitrogen and oxygen atoms in total. The Hall–Kier alpha value is -3.27. The summed E-state index contributed by atoms with van der Waals surface area (Å²) < 4.78 is 5.18. The summed E-state index contributed by atoms with van der Waals surface area (Å²) in [4.78, 5) is 32.1. The third-order valence-corrected chi connectivity index (χ3v) is 9.92. The van der Waals surface area contributed by atoms with E-state index in [4.69, 9.17) is 9.72 Å². The SMILES string of the molecule is COc1ccc(C(=O)Nc2nc3c(s2)CC2C(C)(CO)C(O)CCC2(C)C3CC(=O)Nc2ccccc2)cc1. The predicted molar refractivity (Wildman–Crippen MR) is 151 cm³/mol. The van der Waals surface area contributed by atoms with Crippen LogP contribution >= 0.6 is 11.3 Å². The monoisotopic (exact) mass is 549 g/mol. The number of fused-ring (bicyclic) bond motifs is 2. The zero-order valence-electron chi connectivity index (χ0n) is 22.4. The second-order valence-corrected chi connectivity index (χ2v) is 12.2. The number of rotatable bonds is 7. The number of carbonyl (C=O) groups excluding carboxylic acids is 2. The van der Waals surface area contributed by atoms with Gasteiger partial charge in [0.05, 0.1) is 25.5 Å². The van der Waals surface area contributed by atoms with Crippen LogP contribution in [0, 0.1) is 16.7 Å². The standard InChI is InChI=1S/C30H35N3O5S/c1-29-14-13-24(35)30(2,17-34)23(29)16-22-26(21(29)15-25(36)31-19-7-5-4-6-8-19)32-28(39-22)33-27(37)18-9-11-20(38-3)12-10-18/h4-12,21,23-24,34-35H,13-17H2,1-3H3,(H,31,36)(H,32,33,37). The summed E-state index contributed by atoms with van der Waals surface area (Å²) in [6.45, 7) is 3.96. The van der Waals surface area contributed by atoms with Crippen molar-refractivity contribution < 1.29 is 24.5 Å². The van der Waals surface area contributed by atoms with Crippen molar-refractivity contribution in [2.75, 3.05) is 24.4 Å². The van der Waals surface area contributed by atoms with Gasteiger partial charge in [-0.05, 0) is 67.0 Å². The molecule has 1 heterocycles. The molecule has 0 radical (unpaired) electrons. The minimum atomic E-state index is -0.713. The van der Waals surface area contributed by atoms with Gasteiger partial charge in [0, 0.05) is 33.9 Å². The van der Waals surface area contributed by atoms with Crippen LogP contribution in [-0.4, -0.2) is 46.8 Å². The number of carbonyl (C=O) groups is 2. The zero-order valence-corrected chi connectivity index (χ0v) is 23.3. The molecular weight excluding hydrogens is 514 g/mol. The van der Waals surface area contributed by atoms with E-state index in [0.29, 0.717) is 35.7 Å². The lowest BCUT2D eigenvalue weighted by Crippen LogP contribution is -2.57. The Morgan fingerprint density at radius 3 is 2.49 bits per heavy atom. The predicted octanol–water partition coefficient (Wildman–Crippen LogP) is 4.85. The molecule has 9 heteroatoms. The van der Waals surface area contributed by atoms with Crippen LogP contribution in [0.1, 0.15) is 60.0 Å². The Kier molecular flexibility index (Phi) is 7.50. The fourth-order valence-corrected chi connectivity index (χ4v) is 7.59. The average molecular weight is 550 g/mol. The van der Waals surface area contributed by atoms with Crippen molar-refractivity contribution in [1.82, 2.24) is 4.98 Å². The van der Waals surface area contributed by atoms with Gasteiger partial charge in [-0.1, -0.05) is 32.0 Å². The van der Waals surface area contributed by atoms with Crippen LogP contribution in [-0.2, 0) is 11.2 Å². The Bertz CT molecular complexity index is 1340. The molecular formula is C30H35N3O5S. The van der Waals surface area contributed by atoms with E-state index in [9.17, 15) is 19.8 Å². The van der Waals surface area contributed by atoms with Crippen LogP contribution in [0.3, 0.4) is 0 Å². The molecule has 0 spiro atoms. The van der Waals surface area contributed by atoms with Gasteiger partial charge in [-0.3, -0.25) is 14.9 Å². The summed E-state index contributed by atoms with van der Waals surface area (Å²) in [5.74, 6) is -0.0329. The molecule has 0 aliphatic heterocycles. The van der Waals surface area contributed by atoms with E-state index >= 15 is 0 Å². The van der Waals surface area contributed by atoms with Gasteiger partial charge in [0.15, 0.2) is 5.13 Å². The van der Waals surface area contributed by atoms with Crippen LogP contribution in [0.4, 0.5) is 10.8 Å². The number of aromatic nitrogens is 1. The number of hydrogen-bond donors (Lipinski definition) is 4. The molecule has 206 valence electrons. The molecule has 0 saturated heterocycles. The zero-order chi connectivity index (χ0) is 27.8. The van der Waals surface area contributed by atoms with E-state index in [1.165, 1.54) is 11.3 Å². The number of para-hydroxylation sites is 1. The maximum atomic E-state index is 13.3. The number of benzene rings is 2. The second kappa shape index (κ2) is 10.7. The van der Waals surface area contributed by atoms with Crippen LogP contribution < -0.4 is 15.4 Å². The van der Waals surface area contributed by atoms with E-state index in [1.54, 1.807) is 31.4 Å². The second-order valence-electron chi connectivity index (χ2n) is 11.2. The summed E-state index contributed by atoms with van der Waals surface area (Å²) in [6, 6.07) is 16.2. The molecule has 1 saturated carbocycles. The van der Waals surface area contributed by atoms with Crippen LogP contribution in [0.25, 0.3) is 0 Å². The number of nitrogens with one attached hydrogen (secondary N) is 2. The lowest BCUT2D eigenvalue weighted by atomic mass is 9.47. The van der Waals surface area contributed by atoms with E-state index < -0.39 is 11.5 Å². The molecule has 0 bridgehead atoms. The smallest absolute Gasteiger partial charge is 0.257 e. The highest BCUT2D eigenvalue weighted by Crippen LogP contribution is 2.62. The molecule has 5 unspecified atom stereocenters. The van der Waals surface area contributed by atoms with Crippen molar-refractivity contribution in [2.24, 2.45) is 16.7 Å². The van der Waals surface area contributed by atoms with Gasteiger partial charge >= 0.3 is 0 Å². The molecule has 2 aliphatic carbocycles. The number of anilines is 2. The number of ether oxygens (including phenoxy) is 1. The van der Waals surface area contributed by atoms with Gasteiger partial charge in [-0.25, -0.2) is 4.98 Å². The molecule has 5 atom stereocenters. The maximum Gasteiger partial charge on any atom is 0.257 e. The molecule has 1 aromatic heterocycles. The van der Waals surface area contributed by atoms with Gasteiger partial charge in [-0.2, -0.15) is 0 Å². The van der Waals surface area contributed by atoms with E-state index in [0.717, 1.165) is 16.3 Å². The van der Waals surface area contributed by atoms with Crippen molar-refractivity contribution >= 4 is 34.0 Å². The number of amides is 2. The third kappa shape index (κ3) is 5.06. The van der Waals surface area contributed by atoms with Crippen molar-refractivity contribution in [3.05, 3.63) is 70.7 Å². The van der Waals surface area contributed by atoms with Crippen LogP contribution in [0.15, 0.2) is 54.6 Å². The van der Waals surface area contributed by atoms with Crippen molar-refractivity contribution in [3.8, 4) is 5.75 Å². The van der Waals surface area contributed by atoms with Crippen molar-refractivity contribution in [1.29, 1.82) is 0 Å². The first-order chi connectivity index (χ1) is 18.7. The van der Waals surface area contributed by atoms with Crippen LogP contribution in [0.5, 0.6) is 5.75 Å². The molecule has 3 aromatic rings. The van der Waals surface area contributed by atoms with E-state index in [1.807, 2.05) is 37.3 Å². The third-order valence-electron chi connectivity index (χ3n) is 8.91. The van der Waals surface area contributed by atoms with Gasteiger partial charge in [0.25, 0.3) is 5.91 Å². The summed E-state index contributed by atoms with van der Waals surface area (Å²) >= 11 is 1.40. The number of aliphatic hydroxyl groups is 2. The highest BCUT2D eigenvalue weighted by Gasteiger charge is 2.59. The average Bonchev–Trinajstić information content (AvgIpc) is 3.34. The van der Waals surface area contributed by atoms with Gasteiger partial charge in [0.2, 0.25) is 5.91 Å². The Balaban J connectivity index is 1.47. The van der Waals surface area contributed by atoms with E-state index in [-0.39, 0.29) is 42.1 Å². The number of nitrogens with zero attached hydrogens (tertiary/aromatic N) is 1. The molecule has 5 rings (SSSR count). The number of thiazole rings is 1. The minimum absolute atomic E-state index is 0.0636.